The molecule has 0 aromatic rings. The highest BCUT2D eigenvalue weighted by atomic mass is 32.2. The Morgan fingerprint density at radius 1 is 1.47 bits per heavy atom. The van der Waals surface area contributed by atoms with E-state index in [0.29, 0.717) is 11.8 Å². The lowest BCUT2D eigenvalue weighted by Crippen LogP contribution is -2.52. The third-order valence-corrected chi connectivity index (χ3v) is 4.91. The first-order valence-corrected chi connectivity index (χ1v) is 7.93. The van der Waals surface area contributed by atoms with Gasteiger partial charge in [0.05, 0.1) is 0 Å². The van der Waals surface area contributed by atoms with Gasteiger partial charge in [-0.2, -0.15) is 11.8 Å². The number of amides is 2. The molecule has 1 saturated heterocycles. The number of carbonyl (C=O) groups excluding carboxylic acids is 1. The molecule has 0 radical (unpaired) electrons. The average Bonchev–Trinajstić information content (AvgIpc) is 2.43. The Hall–Kier alpha value is -0.910. The average molecular weight is 288 g/mol. The van der Waals surface area contributed by atoms with Crippen LogP contribution in [0.15, 0.2) is 0 Å². The van der Waals surface area contributed by atoms with Crippen LogP contribution in [-0.2, 0) is 4.79 Å². The molecule has 2 amide bonds. The topological polar surface area (TPSA) is 60.9 Å². The first-order valence-electron chi connectivity index (χ1n) is 6.88. The highest BCUT2D eigenvalue weighted by molar-refractivity contribution is 8.00. The first kappa shape index (κ1) is 16.1. The number of hydrogen-bond acceptors (Lipinski definition) is 3. The Kier molecular flexibility index (Phi) is 6.48. The Balaban J connectivity index is 2.71. The molecule has 1 aliphatic heterocycles. The van der Waals surface area contributed by atoms with Crippen molar-refractivity contribution in [1.29, 1.82) is 0 Å². The smallest absolute Gasteiger partial charge is 0.323 e. The molecule has 0 bridgehead atoms. The predicted molar refractivity (Wildman–Crippen MR) is 77.6 cm³/mol. The summed E-state index contributed by atoms with van der Waals surface area (Å²) in [6.45, 7) is 7.22. The molecule has 19 heavy (non-hydrogen) atoms. The molecule has 1 N–H and O–H groups in total. The van der Waals surface area contributed by atoms with Gasteiger partial charge in [-0.05, 0) is 19.8 Å². The molecule has 0 aromatic heterocycles. The van der Waals surface area contributed by atoms with Crippen LogP contribution < -0.4 is 0 Å². The van der Waals surface area contributed by atoms with Crippen LogP contribution in [0.4, 0.5) is 4.79 Å². The second-order valence-corrected chi connectivity index (χ2v) is 6.32. The van der Waals surface area contributed by atoms with Crippen LogP contribution in [0.3, 0.4) is 0 Å². The lowest BCUT2D eigenvalue weighted by molar-refractivity contribution is -0.138. The molecule has 6 heteroatoms. The van der Waals surface area contributed by atoms with E-state index in [1.165, 1.54) is 4.90 Å². The number of rotatable bonds is 5. The molecular formula is C13H24N2O3S. The summed E-state index contributed by atoms with van der Waals surface area (Å²) < 4.78 is 0. The summed E-state index contributed by atoms with van der Waals surface area (Å²) in [6.07, 6.45) is 1.80. The van der Waals surface area contributed by atoms with E-state index in [-0.39, 0.29) is 18.6 Å². The van der Waals surface area contributed by atoms with E-state index >= 15 is 0 Å². The Morgan fingerprint density at radius 3 is 2.68 bits per heavy atom. The van der Waals surface area contributed by atoms with E-state index in [9.17, 15) is 9.59 Å². The predicted octanol–water partition coefficient (Wildman–Crippen LogP) is 2.12. The van der Waals surface area contributed by atoms with Gasteiger partial charge in [-0.3, -0.25) is 4.79 Å². The van der Waals surface area contributed by atoms with E-state index in [4.69, 9.17) is 5.11 Å². The van der Waals surface area contributed by atoms with Crippen molar-refractivity contribution in [3.05, 3.63) is 0 Å². The molecule has 1 aliphatic rings. The fraction of sp³-hybridized carbons (Fsp3) is 0.846. The summed E-state index contributed by atoms with van der Waals surface area (Å²) in [6, 6.07) is -0.172. The van der Waals surface area contributed by atoms with Gasteiger partial charge < -0.3 is 14.9 Å². The summed E-state index contributed by atoms with van der Waals surface area (Å²) in [5, 5.41) is 9.43. The summed E-state index contributed by atoms with van der Waals surface area (Å²) >= 11 is 1.90. The minimum absolute atomic E-state index is 0.0433. The minimum atomic E-state index is -0.952. The molecule has 110 valence electrons. The number of aliphatic carboxylic acids is 1. The highest BCUT2D eigenvalue weighted by Gasteiger charge is 2.29. The number of urea groups is 1. The standard InChI is InChI=1S/C13H24N2O3S/c1-4-10(3)15(9-12(16)17)13(18)14-6-7-19-11(5-2)8-14/h10-11H,4-9H2,1-3H3,(H,16,17). The first-order chi connectivity index (χ1) is 8.99. The summed E-state index contributed by atoms with van der Waals surface area (Å²) in [4.78, 5) is 26.7. The van der Waals surface area contributed by atoms with E-state index in [2.05, 4.69) is 6.92 Å². The maximum atomic E-state index is 12.5. The molecule has 5 nitrogen and oxygen atoms in total. The molecule has 2 atom stereocenters. The fourth-order valence-electron chi connectivity index (χ4n) is 2.10. The van der Waals surface area contributed by atoms with Crippen molar-refractivity contribution in [2.75, 3.05) is 25.4 Å². The lowest BCUT2D eigenvalue weighted by atomic mass is 10.2. The van der Waals surface area contributed by atoms with Crippen LogP contribution in [0.1, 0.15) is 33.6 Å². The van der Waals surface area contributed by atoms with Gasteiger partial charge in [-0.15, -0.1) is 0 Å². The van der Waals surface area contributed by atoms with Gasteiger partial charge >= 0.3 is 12.0 Å². The minimum Gasteiger partial charge on any atom is -0.480 e. The van der Waals surface area contributed by atoms with Crippen LogP contribution in [0.25, 0.3) is 0 Å². The zero-order valence-electron chi connectivity index (χ0n) is 12.0. The van der Waals surface area contributed by atoms with Gasteiger partial charge in [-0.25, -0.2) is 4.79 Å². The fourth-order valence-corrected chi connectivity index (χ4v) is 3.28. The van der Waals surface area contributed by atoms with Gasteiger partial charge in [0.25, 0.3) is 0 Å². The van der Waals surface area contributed by atoms with Crippen LogP contribution in [0.2, 0.25) is 0 Å². The quantitative estimate of drug-likeness (QED) is 0.842. The molecule has 0 aromatic carbocycles. The van der Waals surface area contributed by atoms with Crippen molar-refractivity contribution in [1.82, 2.24) is 9.80 Å². The molecule has 0 aliphatic carbocycles. The van der Waals surface area contributed by atoms with Gasteiger partial charge in [0.15, 0.2) is 0 Å². The molecule has 0 saturated carbocycles. The monoisotopic (exact) mass is 288 g/mol. The molecule has 1 rings (SSSR count). The van der Waals surface area contributed by atoms with Crippen LogP contribution in [0.5, 0.6) is 0 Å². The van der Waals surface area contributed by atoms with E-state index < -0.39 is 5.97 Å². The van der Waals surface area contributed by atoms with Gasteiger partial charge in [-0.1, -0.05) is 13.8 Å². The second-order valence-electron chi connectivity index (χ2n) is 4.91. The van der Waals surface area contributed by atoms with Crippen molar-refractivity contribution in [3.8, 4) is 0 Å². The van der Waals surface area contributed by atoms with Crippen molar-refractivity contribution >= 4 is 23.8 Å². The molecule has 1 fully saturated rings. The molecule has 1 heterocycles. The normalized spacial score (nSPS) is 21.0. The number of nitrogens with zero attached hydrogens (tertiary/aromatic N) is 2. The number of carbonyl (C=O) groups is 2. The Morgan fingerprint density at radius 2 is 2.16 bits per heavy atom. The SMILES string of the molecule is CCC1CN(C(=O)N(CC(=O)O)C(C)CC)CCS1. The maximum absolute atomic E-state index is 12.5. The van der Waals surface area contributed by atoms with Crippen molar-refractivity contribution in [3.63, 3.8) is 0 Å². The zero-order valence-corrected chi connectivity index (χ0v) is 12.8. The summed E-state index contributed by atoms with van der Waals surface area (Å²) in [7, 11) is 0. The van der Waals surface area contributed by atoms with E-state index in [1.807, 2.05) is 25.6 Å². The van der Waals surface area contributed by atoms with Gasteiger partial charge in [0, 0.05) is 30.1 Å². The third kappa shape index (κ3) is 4.60. The zero-order chi connectivity index (χ0) is 14.4. The van der Waals surface area contributed by atoms with Crippen molar-refractivity contribution < 1.29 is 14.7 Å². The lowest BCUT2D eigenvalue weighted by Gasteiger charge is -2.37. The van der Waals surface area contributed by atoms with Crippen LogP contribution in [0, 0.1) is 0 Å². The number of carboxylic acids is 1. The van der Waals surface area contributed by atoms with Gasteiger partial charge in [0.1, 0.15) is 6.54 Å². The molecule has 2 unspecified atom stereocenters. The molecular weight excluding hydrogens is 264 g/mol. The van der Waals surface area contributed by atoms with E-state index in [1.54, 1.807) is 4.90 Å². The maximum Gasteiger partial charge on any atom is 0.323 e. The Labute approximate surface area is 119 Å². The largest absolute Gasteiger partial charge is 0.480 e. The number of hydrogen-bond donors (Lipinski definition) is 1. The summed E-state index contributed by atoms with van der Waals surface area (Å²) in [5.41, 5.74) is 0. The second kappa shape index (κ2) is 7.62. The van der Waals surface area contributed by atoms with Crippen LogP contribution in [-0.4, -0.2) is 63.6 Å². The highest BCUT2D eigenvalue weighted by Crippen LogP contribution is 2.22. The summed E-state index contributed by atoms with van der Waals surface area (Å²) in [5.74, 6) is -0.0156. The number of thioether (sulfide) groups is 1. The molecule has 0 spiro atoms. The third-order valence-electron chi connectivity index (χ3n) is 3.54. The van der Waals surface area contributed by atoms with E-state index in [0.717, 1.165) is 25.1 Å². The van der Waals surface area contributed by atoms with Gasteiger partial charge in [0.2, 0.25) is 0 Å². The van der Waals surface area contributed by atoms with Crippen molar-refractivity contribution in [2.45, 2.75) is 44.9 Å². The van der Waals surface area contributed by atoms with Crippen molar-refractivity contribution in [2.24, 2.45) is 0 Å². The Bertz CT molecular complexity index is 325. The van der Waals surface area contributed by atoms with Crippen LogP contribution >= 0.6 is 11.8 Å². The number of carboxylic acid groups (broad SMARTS) is 1.